The molecule has 0 saturated carbocycles. The van der Waals surface area contributed by atoms with E-state index in [0.717, 1.165) is 49.2 Å². The van der Waals surface area contributed by atoms with Crippen LogP contribution < -0.4 is 9.62 Å². The number of nitrogens with zero attached hydrogens (tertiary/aromatic N) is 2. The molecular formula is C29H35N3O3S. The Bertz CT molecular complexity index is 1300. The van der Waals surface area contributed by atoms with E-state index in [-0.39, 0.29) is 12.5 Å². The van der Waals surface area contributed by atoms with Gasteiger partial charge in [-0.05, 0) is 66.6 Å². The first-order valence-electron chi connectivity index (χ1n) is 12.4. The number of anilines is 1. The normalized spacial score (nSPS) is 13.8. The van der Waals surface area contributed by atoms with E-state index in [9.17, 15) is 13.2 Å². The number of fused-ring (bicyclic) bond motifs is 1. The van der Waals surface area contributed by atoms with Gasteiger partial charge >= 0.3 is 0 Å². The minimum absolute atomic E-state index is 0.111. The maximum Gasteiger partial charge on any atom is 0.251 e. The number of carbonyl (C=O) groups excluding carboxylic acids is 1. The van der Waals surface area contributed by atoms with Gasteiger partial charge in [-0.3, -0.25) is 14.0 Å². The average molecular weight is 506 g/mol. The van der Waals surface area contributed by atoms with Crippen molar-refractivity contribution >= 4 is 21.6 Å². The SMILES string of the molecule is Cc1cccc(C)c1N(Cc1ccc(C(=O)NCCCN2CCc3ccccc3C2)cc1)S(C)(=O)=O. The number of aryl methyl sites for hydroxylation is 2. The Kier molecular flexibility index (Phi) is 8.11. The van der Waals surface area contributed by atoms with Crippen LogP contribution in [0.3, 0.4) is 0 Å². The van der Waals surface area contributed by atoms with Crippen molar-refractivity contribution in [3.8, 4) is 0 Å². The first-order valence-corrected chi connectivity index (χ1v) is 14.3. The molecule has 36 heavy (non-hydrogen) atoms. The van der Waals surface area contributed by atoms with E-state index in [1.54, 1.807) is 12.1 Å². The van der Waals surface area contributed by atoms with Gasteiger partial charge in [0.25, 0.3) is 5.91 Å². The average Bonchev–Trinajstić information content (AvgIpc) is 2.85. The molecule has 7 heteroatoms. The lowest BCUT2D eigenvalue weighted by Gasteiger charge is -2.28. The van der Waals surface area contributed by atoms with E-state index in [1.165, 1.54) is 21.7 Å². The van der Waals surface area contributed by atoms with Crippen LogP contribution in [0.2, 0.25) is 0 Å². The van der Waals surface area contributed by atoms with E-state index < -0.39 is 10.0 Å². The molecule has 3 aromatic carbocycles. The van der Waals surface area contributed by atoms with Crippen LogP contribution >= 0.6 is 0 Å². The smallest absolute Gasteiger partial charge is 0.251 e. The van der Waals surface area contributed by atoms with Gasteiger partial charge in [0.15, 0.2) is 0 Å². The fourth-order valence-corrected chi connectivity index (χ4v) is 5.84. The van der Waals surface area contributed by atoms with E-state index in [0.29, 0.717) is 17.8 Å². The third-order valence-electron chi connectivity index (χ3n) is 6.78. The van der Waals surface area contributed by atoms with Gasteiger partial charge in [0.2, 0.25) is 10.0 Å². The van der Waals surface area contributed by atoms with Crippen LogP contribution in [0.15, 0.2) is 66.7 Å². The molecule has 190 valence electrons. The van der Waals surface area contributed by atoms with Gasteiger partial charge in [-0.15, -0.1) is 0 Å². The minimum Gasteiger partial charge on any atom is -0.352 e. The Morgan fingerprint density at radius 3 is 2.28 bits per heavy atom. The molecule has 1 aliphatic heterocycles. The summed E-state index contributed by atoms with van der Waals surface area (Å²) in [6.07, 6.45) is 3.20. The van der Waals surface area contributed by atoms with Crippen LogP contribution in [0.4, 0.5) is 5.69 Å². The quantitative estimate of drug-likeness (QED) is 0.437. The second kappa shape index (κ2) is 11.3. The van der Waals surface area contributed by atoms with Crippen LogP contribution in [-0.2, 0) is 29.5 Å². The predicted molar refractivity (Wildman–Crippen MR) is 146 cm³/mol. The topological polar surface area (TPSA) is 69.7 Å². The molecule has 0 fully saturated rings. The minimum atomic E-state index is -3.48. The van der Waals surface area contributed by atoms with Gasteiger partial charge < -0.3 is 5.32 Å². The van der Waals surface area contributed by atoms with Gasteiger partial charge in [-0.2, -0.15) is 0 Å². The van der Waals surface area contributed by atoms with Crippen LogP contribution in [0.25, 0.3) is 0 Å². The summed E-state index contributed by atoms with van der Waals surface area (Å²) in [6, 6.07) is 21.5. The lowest BCUT2D eigenvalue weighted by molar-refractivity contribution is 0.0951. The van der Waals surface area contributed by atoms with Crippen LogP contribution in [0.1, 0.15) is 44.6 Å². The largest absolute Gasteiger partial charge is 0.352 e. The van der Waals surface area contributed by atoms with Crippen LogP contribution in [0.5, 0.6) is 0 Å². The van der Waals surface area contributed by atoms with Gasteiger partial charge in [0.1, 0.15) is 0 Å². The Hall–Kier alpha value is -3.16. The second-order valence-electron chi connectivity index (χ2n) is 9.61. The number of nitrogens with one attached hydrogen (secondary N) is 1. The Balaban J connectivity index is 1.30. The third-order valence-corrected chi connectivity index (χ3v) is 7.89. The number of benzene rings is 3. The molecular weight excluding hydrogens is 470 g/mol. The highest BCUT2D eigenvalue weighted by atomic mass is 32.2. The maximum atomic E-state index is 12.6. The molecule has 0 aromatic heterocycles. The molecule has 0 radical (unpaired) electrons. The molecule has 0 unspecified atom stereocenters. The highest BCUT2D eigenvalue weighted by Crippen LogP contribution is 2.28. The number of hydrogen-bond acceptors (Lipinski definition) is 4. The molecule has 0 aliphatic carbocycles. The van der Waals surface area contributed by atoms with Crippen molar-refractivity contribution in [3.63, 3.8) is 0 Å². The van der Waals surface area contributed by atoms with E-state index in [1.807, 2.05) is 44.2 Å². The molecule has 4 rings (SSSR count). The molecule has 0 spiro atoms. The molecule has 1 heterocycles. The fourth-order valence-electron chi connectivity index (χ4n) is 4.84. The molecule has 0 atom stereocenters. The zero-order valence-electron chi connectivity index (χ0n) is 21.3. The summed E-state index contributed by atoms with van der Waals surface area (Å²) >= 11 is 0. The predicted octanol–water partition coefficient (Wildman–Crippen LogP) is 4.45. The van der Waals surface area contributed by atoms with Gasteiger partial charge in [0, 0.05) is 31.7 Å². The summed E-state index contributed by atoms with van der Waals surface area (Å²) in [6.45, 7) is 7.64. The summed E-state index contributed by atoms with van der Waals surface area (Å²) in [7, 11) is -3.48. The van der Waals surface area contributed by atoms with Crippen molar-refractivity contribution < 1.29 is 13.2 Å². The fraction of sp³-hybridized carbons (Fsp3) is 0.345. The van der Waals surface area contributed by atoms with Crippen molar-refractivity contribution in [2.75, 3.05) is 30.2 Å². The molecule has 1 aliphatic rings. The van der Waals surface area contributed by atoms with Crippen LogP contribution in [-0.4, -0.2) is 45.1 Å². The van der Waals surface area contributed by atoms with Crippen molar-refractivity contribution in [1.29, 1.82) is 0 Å². The lowest BCUT2D eigenvalue weighted by Crippen LogP contribution is -2.33. The number of amides is 1. The molecule has 3 aromatic rings. The highest BCUT2D eigenvalue weighted by Gasteiger charge is 2.21. The Morgan fingerprint density at radius 1 is 0.944 bits per heavy atom. The van der Waals surface area contributed by atoms with Crippen molar-refractivity contribution in [3.05, 3.63) is 100 Å². The zero-order valence-corrected chi connectivity index (χ0v) is 22.1. The second-order valence-corrected chi connectivity index (χ2v) is 11.5. The molecule has 6 nitrogen and oxygen atoms in total. The third kappa shape index (κ3) is 6.33. The number of sulfonamides is 1. The van der Waals surface area contributed by atoms with Gasteiger partial charge in [0.05, 0.1) is 18.5 Å². The molecule has 0 saturated heterocycles. The first kappa shape index (κ1) is 25.9. The highest BCUT2D eigenvalue weighted by molar-refractivity contribution is 7.92. The first-order chi connectivity index (χ1) is 17.2. The standard InChI is InChI=1S/C29H35N3O3S/c1-22-8-6-9-23(2)28(22)32(36(3,34)35)20-24-12-14-26(15-13-24)29(33)30-17-7-18-31-19-16-25-10-4-5-11-27(25)21-31/h4-6,8-15H,7,16-21H2,1-3H3,(H,30,33). The maximum absolute atomic E-state index is 12.6. The summed E-state index contributed by atoms with van der Waals surface area (Å²) < 4.78 is 26.6. The van der Waals surface area contributed by atoms with E-state index in [4.69, 9.17) is 0 Å². The summed E-state index contributed by atoms with van der Waals surface area (Å²) in [5.74, 6) is -0.111. The molecule has 1 amide bonds. The van der Waals surface area contributed by atoms with E-state index in [2.05, 4.69) is 34.5 Å². The van der Waals surface area contributed by atoms with Crippen molar-refractivity contribution in [2.24, 2.45) is 0 Å². The monoisotopic (exact) mass is 505 g/mol. The van der Waals surface area contributed by atoms with Crippen molar-refractivity contribution in [1.82, 2.24) is 10.2 Å². The van der Waals surface area contributed by atoms with Gasteiger partial charge in [-0.1, -0.05) is 54.6 Å². The number of rotatable bonds is 9. The van der Waals surface area contributed by atoms with E-state index >= 15 is 0 Å². The van der Waals surface area contributed by atoms with Gasteiger partial charge in [-0.25, -0.2) is 8.42 Å². The Morgan fingerprint density at radius 2 is 1.61 bits per heavy atom. The summed E-state index contributed by atoms with van der Waals surface area (Å²) in [5, 5.41) is 3.01. The summed E-state index contributed by atoms with van der Waals surface area (Å²) in [4.78, 5) is 15.1. The number of hydrogen-bond donors (Lipinski definition) is 1. The van der Waals surface area contributed by atoms with Crippen molar-refractivity contribution in [2.45, 2.75) is 39.8 Å². The summed E-state index contributed by atoms with van der Waals surface area (Å²) in [5.41, 5.74) is 6.77. The zero-order chi connectivity index (χ0) is 25.7. The lowest BCUT2D eigenvalue weighted by atomic mass is 10.00. The molecule has 1 N–H and O–H groups in total. The molecule has 0 bridgehead atoms. The number of para-hydroxylation sites is 1. The Labute approximate surface area is 215 Å². The van der Waals surface area contributed by atoms with Crippen LogP contribution in [0, 0.1) is 13.8 Å². The number of carbonyl (C=O) groups is 1.